The summed E-state index contributed by atoms with van der Waals surface area (Å²) < 4.78 is 6.44. The van der Waals surface area contributed by atoms with Gasteiger partial charge in [0.25, 0.3) is 0 Å². The lowest BCUT2D eigenvalue weighted by Gasteiger charge is -2.35. The normalized spacial score (nSPS) is 15.7. The fourth-order valence-electron chi connectivity index (χ4n) is 8.29. The first-order chi connectivity index (χ1) is 22.8. The van der Waals surface area contributed by atoms with Crippen molar-refractivity contribution >= 4 is 21.5 Å². The van der Waals surface area contributed by atoms with E-state index < -0.39 is 5.41 Å². The molecule has 0 saturated carbocycles. The van der Waals surface area contributed by atoms with Crippen LogP contribution in [0.25, 0.3) is 54.9 Å². The minimum absolute atomic E-state index is 0.488. The number of fused-ring (bicyclic) bond motifs is 7. The number of rotatable bonds is 3. The molecular weight excluding hydrogens is 556 g/mol. The minimum Gasteiger partial charge on any atom is -0.456 e. The Morgan fingerprint density at radius 3 is 2.02 bits per heavy atom. The van der Waals surface area contributed by atoms with Crippen molar-refractivity contribution in [2.45, 2.75) is 5.41 Å². The van der Waals surface area contributed by atoms with Crippen LogP contribution < -0.4 is 4.74 Å². The smallest absolute Gasteiger partial charge is 0.135 e. The molecule has 0 amide bonds. The van der Waals surface area contributed by atoms with Gasteiger partial charge in [0.2, 0.25) is 0 Å². The molecule has 8 aromatic carbocycles. The third-order valence-electron chi connectivity index (χ3n) is 10.1. The number of ether oxygens (including phenoxy) is 1. The van der Waals surface area contributed by atoms with Crippen LogP contribution in [0.15, 0.2) is 170 Å². The van der Waals surface area contributed by atoms with Gasteiger partial charge in [-0.15, -0.1) is 0 Å². The van der Waals surface area contributed by atoms with Crippen LogP contribution in [0.5, 0.6) is 11.5 Å². The molecule has 1 nitrogen and oxygen atoms in total. The van der Waals surface area contributed by atoms with E-state index in [0.717, 1.165) is 17.1 Å². The van der Waals surface area contributed by atoms with E-state index in [0.29, 0.717) is 0 Å². The van der Waals surface area contributed by atoms with E-state index in [1.807, 2.05) is 6.07 Å². The van der Waals surface area contributed by atoms with E-state index >= 15 is 0 Å². The van der Waals surface area contributed by atoms with Crippen molar-refractivity contribution in [3.05, 3.63) is 192 Å². The Bertz CT molecular complexity index is 2510. The van der Waals surface area contributed by atoms with Gasteiger partial charge in [-0.1, -0.05) is 152 Å². The zero-order chi connectivity index (χ0) is 30.2. The fourth-order valence-corrected chi connectivity index (χ4v) is 8.29. The molecule has 0 aromatic heterocycles. The zero-order valence-corrected chi connectivity index (χ0v) is 25.1. The van der Waals surface area contributed by atoms with Crippen molar-refractivity contribution in [1.29, 1.82) is 0 Å². The lowest BCUT2D eigenvalue weighted by Crippen LogP contribution is -2.29. The Kier molecular flexibility index (Phi) is 5.27. The predicted molar refractivity (Wildman–Crippen MR) is 190 cm³/mol. The van der Waals surface area contributed by atoms with E-state index in [4.69, 9.17) is 4.74 Å². The number of hydrogen-bond donors (Lipinski definition) is 0. The molecule has 1 unspecified atom stereocenters. The molecule has 0 fully saturated rings. The molecule has 0 spiro atoms. The minimum atomic E-state index is -0.488. The maximum absolute atomic E-state index is 6.44. The highest BCUT2D eigenvalue weighted by atomic mass is 16.5. The van der Waals surface area contributed by atoms with Crippen LogP contribution in [0.3, 0.4) is 0 Å². The summed E-state index contributed by atoms with van der Waals surface area (Å²) in [4.78, 5) is 0. The molecule has 214 valence electrons. The lowest BCUT2D eigenvalue weighted by atomic mass is 9.66. The monoisotopic (exact) mass is 584 g/mol. The molecular formula is C45H28O. The Morgan fingerprint density at radius 1 is 0.391 bits per heavy atom. The molecule has 0 bridgehead atoms. The van der Waals surface area contributed by atoms with Gasteiger partial charge in [-0.2, -0.15) is 0 Å². The molecule has 0 N–H and O–H groups in total. The van der Waals surface area contributed by atoms with E-state index in [-0.39, 0.29) is 0 Å². The first-order valence-electron chi connectivity index (χ1n) is 15.9. The van der Waals surface area contributed by atoms with Gasteiger partial charge in [0.1, 0.15) is 11.5 Å². The van der Waals surface area contributed by atoms with Crippen LogP contribution in [-0.2, 0) is 5.41 Å². The molecule has 1 heteroatoms. The van der Waals surface area contributed by atoms with Crippen LogP contribution in [0, 0.1) is 0 Å². The molecule has 1 heterocycles. The summed E-state index contributed by atoms with van der Waals surface area (Å²) in [5, 5.41) is 4.93. The lowest BCUT2D eigenvalue weighted by molar-refractivity contribution is 0.487. The Labute approximate surface area is 268 Å². The molecule has 1 atom stereocenters. The van der Waals surface area contributed by atoms with Crippen molar-refractivity contribution in [2.24, 2.45) is 0 Å². The van der Waals surface area contributed by atoms with Crippen molar-refractivity contribution in [3.8, 4) is 44.9 Å². The molecule has 2 aliphatic rings. The van der Waals surface area contributed by atoms with Gasteiger partial charge >= 0.3 is 0 Å². The van der Waals surface area contributed by atoms with Crippen molar-refractivity contribution < 1.29 is 4.74 Å². The Balaban J connectivity index is 1.28. The van der Waals surface area contributed by atoms with Gasteiger partial charge < -0.3 is 4.74 Å². The summed E-state index contributed by atoms with van der Waals surface area (Å²) >= 11 is 0. The number of benzene rings is 8. The van der Waals surface area contributed by atoms with E-state index in [9.17, 15) is 0 Å². The van der Waals surface area contributed by atoms with Crippen molar-refractivity contribution in [3.63, 3.8) is 0 Å². The quantitative estimate of drug-likeness (QED) is 0.201. The SMILES string of the molecule is c1ccc(C2(c3cccc(-c4ccc5c6c(cccc46)-c4ccccc4O5)c3)c3ccccc3-c3ccc4ccccc4c32)cc1. The molecule has 8 aromatic rings. The second kappa shape index (κ2) is 9.54. The van der Waals surface area contributed by atoms with E-state index in [1.54, 1.807) is 0 Å². The van der Waals surface area contributed by atoms with E-state index in [2.05, 4.69) is 164 Å². The number of hydrogen-bond acceptors (Lipinski definition) is 1. The van der Waals surface area contributed by atoms with Crippen LogP contribution in [-0.4, -0.2) is 0 Å². The van der Waals surface area contributed by atoms with Gasteiger partial charge in [-0.25, -0.2) is 0 Å². The first kappa shape index (κ1) is 25.4. The summed E-state index contributed by atoms with van der Waals surface area (Å²) in [7, 11) is 0. The molecule has 1 aliphatic carbocycles. The number of para-hydroxylation sites is 1. The largest absolute Gasteiger partial charge is 0.456 e. The first-order valence-corrected chi connectivity index (χ1v) is 15.9. The average Bonchev–Trinajstić information content (AvgIpc) is 3.44. The highest BCUT2D eigenvalue weighted by Gasteiger charge is 2.47. The summed E-state index contributed by atoms with van der Waals surface area (Å²) in [5.74, 6) is 1.82. The topological polar surface area (TPSA) is 9.23 Å². The zero-order valence-electron chi connectivity index (χ0n) is 25.1. The molecule has 1 aliphatic heterocycles. The highest BCUT2D eigenvalue weighted by molar-refractivity contribution is 6.10. The Morgan fingerprint density at radius 2 is 1.09 bits per heavy atom. The highest BCUT2D eigenvalue weighted by Crippen LogP contribution is 2.58. The summed E-state index contributed by atoms with van der Waals surface area (Å²) in [6, 6.07) is 62.1. The van der Waals surface area contributed by atoms with Gasteiger partial charge in [-0.05, 0) is 84.4 Å². The van der Waals surface area contributed by atoms with Crippen molar-refractivity contribution in [1.82, 2.24) is 0 Å². The maximum atomic E-state index is 6.44. The molecule has 46 heavy (non-hydrogen) atoms. The molecule has 10 rings (SSSR count). The van der Waals surface area contributed by atoms with Crippen LogP contribution in [0.4, 0.5) is 0 Å². The van der Waals surface area contributed by atoms with Gasteiger partial charge in [0.15, 0.2) is 0 Å². The molecule has 0 radical (unpaired) electrons. The summed E-state index contributed by atoms with van der Waals surface area (Å²) in [6.07, 6.45) is 0. The van der Waals surface area contributed by atoms with Crippen LogP contribution in [0.1, 0.15) is 22.3 Å². The Hall–Kier alpha value is -5.92. The molecule has 0 saturated heterocycles. The average molecular weight is 585 g/mol. The second-order valence-corrected chi connectivity index (χ2v) is 12.4. The van der Waals surface area contributed by atoms with Crippen molar-refractivity contribution in [2.75, 3.05) is 0 Å². The predicted octanol–water partition coefficient (Wildman–Crippen LogP) is 11.8. The van der Waals surface area contributed by atoms with Gasteiger partial charge in [0, 0.05) is 10.9 Å². The standard InChI is InChI=1S/C45H28O/c1-2-14-31(15-3-1)45(40-22-8-6-18-35(40)39-25-24-29-12-4-5-17-34(29)44(39)45)32-16-10-13-30(28-32)33-26-27-42-43-37(33)20-11-21-38(43)36-19-7-9-23-41(36)46-42/h1-28H. The fraction of sp³-hybridized carbons (Fsp3) is 0.0222. The van der Waals surface area contributed by atoms with Gasteiger partial charge in [-0.3, -0.25) is 0 Å². The third-order valence-corrected chi connectivity index (χ3v) is 10.1. The van der Waals surface area contributed by atoms with Crippen LogP contribution >= 0.6 is 0 Å². The summed E-state index contributed by atoms with van der Waals surface area (Å²) in [6.45, 7) is 0. The van der Waals surface area contributed by atoms with E-state index in [1.165, 1.54) is 71.6 Å². The second-order valence-electron chi connectivity index (χ2n) is 12.4. The van der Waals surface area contributed by atoms with Crippen LogP contribution in [0.2, 0.25) is 0 Å². The third kappa shape index (κ3) is 3.35. The van der Waals surface area contributed by atoms with Gasteiger partial charge in [0.05, 0.1) is 5.41 Å². The maximum Gasteiger partial charge on any atom is 0.135 e. The summed E-state index contributed by atoms with van der Waals surface area (Å²) in [5.41, 5.74) is 12.1.